The average Bonchev–Trinajstić information content (AvgIpc) is 2.59. The highest BCUT2D eigenvalue weighted by atomic mass is 35.5. The van der Waals surface area contributed by atoms with Crippen LogP contribution in [0.3, 0.4) is 0 Å². The molecule has 0 aromatic heterocycles. The first-order valence-electron chi connectivity index (χ1n) is 6.97. The molecule has 8 heteroatoms. The van der Waals surface area contributed by atoms with Crippen LogP contribution in [0.25, 0.3) is 0 Å². The number of sulfonamides is 1. The minimum atomic E-state index is -3.48. The first-order chi connectivity index (χ1) is 11.3. The fraction of sp³-hybridized carbons (Fsp3) is 0.125. The lowest BCUT2D eigenvalue weighted by Crippen LogP contribution is -2.20. The number of amides is 1. The van der Waals surface area contributed by atoms with Gasteiger partial charge in [0.2, 0.25) is 10.0 Å². The number of hydrogen-bond acceptors (Lipinski definition) is 4. The lowest BCUT2D eigenvalue weighted by Gasteiger charge is -2.05. The second-order valence-corrected chi connectivity index (χ2v) is 7.20. The van der Waals surface area contributed by atoms with E-state index in [9.17, 15) is 13.2 Å². The molecular weight excluding hydrogens is 350 g/mol. The lowest BCUT2D eigenvalue weighted by molar-refractivity contribution is 0.0955. The van der Waals surface area contributed by atoms with Crippen LogP contribution in [-0.4, -0.2) is 27.1 Å². The van der Waals surface area contributed by atoms with Crippen molar-refractivity contribution < 1.29 is 13.2 Å². The minimum Gasteiger partial charge on any atom is -0.267 e. The summed E-state index contributed by atoms with van der Waals surface area (Å²) < 4.78 is 25.6. The Morgan fingerprint density at radius 1 is 1.08 bits per heavy atom. The van der Waals surface area contributed by atoms with Crippen LogP contribution in [-0.2, 0) is 10.0 Å². The summed E-state index contributed by atoms with van der Waals surface area (Å²) in [6, 6.07) is 12.7. The Morgan fingerprint density at radius 3 is 2.33 bits per heavy atom. The van der Waals surface area contributed by atoms with E-state index in [4.69, 9.17) is 11.6 Å². The van der Waals surface area contributed by atoms with Gasteiger partial charge in [0.15, 0.2) is 0 Å². The molecule has 0 aliphatic rings. The van der Waals surface area contributed by atoms with Gasteiger partial charge in [-0.25, -0.2) is 18.6 Å². The molecule has 1 amide bonds. The maximum absolute atomic E-state index is 12.0. The molecule has 24 heavy (non-hydrogen) atoms. The van der Waals surface area contributed by atoms with Crippen LogP contribution in [0, 0.1) is 0 Å². The van der Waals surface area contributed by atoms with Gasteiger partial charge < -0.3 is 0 Å². The first kappa shape index (κ1) is 18.1. The van der Waals surface area contributed by atoms with Crippen molar-refractivity contribution in [3.8, 4) is 0 Å². The molecule has 0 aliphatic heterocycles. The topological polar surface area (TPSA) is 87.6 Å². The van der Waals surface area contributed by atoms with E-state index in [1.807, 2.05) is 0 Å². The van der Waals surface area contributed by atoms with E-state index in [-0.39, 0.29) is 10.8 Å². The standard InChI is InChI=1S/C16H16ClN3O3S/c1-11(12-6-8-15(9-7-12)24(22,23)18-2)19-20-16(21)13-4-3-5-14(17)10-13/h3-10,18H,1-2H3,(H,20,21)/b19-11-. The van der Waals surface area contributed by atoms with Crippen molar-refractivity contribution in [3.05, 3.63) is 64.7 Å². The number of rotatable bonds is 5. The minimum absolute atomic E-state index is 0.157. The molecule has 2 N–H and O–H groups in total. The maximum Gasteiger partial charge on any atom is 0.271 e. The van der Waals surface area contributed by atoms with Crippen molar-refractivity contribution in [2.75, 3.05) is 7.05 Å². The molecule has 0 atom stereocenters. The molecule has 0 unspecified atom stereocenters. The van der Waals surface area contributed by atoms with Crippen LogP contribution in [0.2, 0.25) is 5.02 Å². The van der Waals surface area contributed by atoms with E-state index >= 15 is 0 Å². The zero-order valence-corrected chi connectivity index (χ0v) is 14.6. The second-order valence-electron chi connectivity index (χ2n) is 4.88. The third-order valence-corrected chi connectivity index (χ3v) is 4.93. The molecule has 6 nitrogen and oxygen atoms in total. The molecule has 0 bridgehead atoms. The molecule has 0 saturated carbocycles. The Kier molecular flexibility index (Phi) is 5.71. The summed E-state index contributed by atoms with van der Waals surface area (Å²) in [5, 5.41) is 4.48. The van der Waals surface area contributed by atoms with Gasteiger partial charge in [0.25, 0.3) is 5.91 Å². The van der Waals surface area contributed by atoms with Gasteiger partial charge in [-0.3, -0.25) is 4.79 Å². The second kappa shape index (κ2) is 7.57. The van der Waals surface area contributed by atoms with Gasteiger partial charge in [0, 0.05) is 10.6 Å². The quantitative estimate of drug-likeness (QED) is 0.630. The van der Waals surface area contributed by atoms with E-state index in [0.29, 0.717) is 21.9 Å². The molecule has 0 fully saturated rings. The largest absolute Gasteiger partial charge is 0.271 e. The number of benzene rings is 2. The fourth-order valence-corrected chi connectivity index (χ4v) is 2.81. The Hall–Kier alpha value is -2.22. The van der Waals surface area contributed by atoms with Gasteiger partial charge in [-0.05, 0) is 49.9 Å². The zero-order chi connectivity index (χ0) is 17.7. The number of hydrogen-bond donors (Lipinski definition) is 2. The zero-order valence-electron chi connectivity index (χ0n) is 13.1. The summed E-state index contributed by atoms with van der Waals surface area (Å²) in [6.45, 7) is 1.71. The Balaban J connectivity index is 2.12. The summed E-state index contributed by atoms with van der Waals surface area (Å²) in [5.41, 5.74) is 4.07. The van der Waals surface area contributed by atoms with Gasteiger partial charge in [-0.2, -0.15) is 5.10 Å². The smallest absolute Gasteiger partial charge is 0.267 e. The number of carbonyl (C=O) groups is 1. The maximum atomic E-state index is 12.0. The number of halogens is 1. The van der Waals surface area contributed by atoms with E-state index in [1.165, 1.54) is 19.2 Å². The molecule has 126 valence electrons. The van der Waals surface area contributed by atoms with E-state index in [0.717, 1.165) is 0 Å². The van der Waals surface area contributed by atoms with Crippen LogP contribution < -0.4 is 10.1 Å². The van der Waals surface area contributed by atoms with Crippen molar-refractivity contribution in [3.63, 3.8) is 0 Å². The highest BCUT2D eigenvalue weighted by Gasteiger charge is 2.11. The van der Waals surface area contributed by atoms with E-state index in [1.54, 1.807) is 43.3 Å². The normalized spacial score (nSPS) is 12.0. The summed E-state index contributed by atoms with van der Waals surface area (Å²) in [5.74, 6) is -0.383. The highest BCUT2D eigenvalue weighted by Crippen LogP contribution is 2.12. The average molecular weight is 366 g/mol. The Labute approximate surface area is 145 Å². The predicted molar refractivity (Wildman–Crippen MR) is 93.8 cm³/mol. The van der Waals surface area contributed by atoms with Crippen LogP contribution >= 0.6 is 11.6 Å². The van der Waals surface area contributed by atoms with E-state index < -0.39 is 10.0 Å². The molecule has 2 aromatic rings. The SMILES string of the molecule is CNS(=O)(=O)c1ccc(/C(C)=N\NC(=O)c2cccc(Cl)c2)cc1. The Morgan fingerprint density at radius 2 is 1.75 bits per heavy atom. The summed E-state index contributed by atoms with van der Waals surface area (Å²) in [7, 11) is -2.13. The van der Waals surface area contributed by atoms with Gasteiger partial charge >= 0.3 is 0 Å². The molecule has 0 radical (unpaired) electrons. The summed E-state index contributed by atoms with van der Waals surface area (Å²) >= 11 is 5.84. The number of nitrogens with one attached hydrogen (secondary N) is 2. The van der Waals surface area contributed by atoms with Crippen molar-refractivity contribution in [1.29, 1.82) is 0 Å². The first-order valence-corrected chi connectivity index (χ1v) is 8.84. The van der Waals surface area contributed by atoms with Crippen LogP contribution in [0.1, 0.15) is 22.8 Å². The van der Waals surface area contributed by atoms with Crippen molar-refractivity contribution in [2.24, 2.45) is 5.10 Å². The summed E-state index contributed by atoms with van der Waals surface area (Å²) in [4.78, 5) is 12.1. The number of hydrazone groups is 1. The molecule has 0 spiro atoms. The van der Waals surface area contributed by atoms with Crippen molar-refractivity contribution >= 4 is 33.2 Å². The summed E-state index contributed by atoms with van der Waals surface area (Å²) in [6.07, 6.45) is 0. The van der Waals surface area contributed by atoms with Crippen LogP contribution in [0.15, 0.2) is 58.5 Å². The van der Waals surface area contributed by atoms with Gasteiger partial charge in [-0.1, -0.05) is 29.8 Å². The molecule has 0 aliphatic carbocycles. The van der Waals surface area contributed by atoms with Crippen LogP contribution in [0.5, 0.6) is 0 Å². The highest BCUT2D eigenvalue weighted by molar-refractivity contribution is 7.89. The lowest BCUT2D eigenvalue weighted by atomic mass is 10.1. The third-order valence-electron chi connectivity index (χ3n) is 3.26. The number of nitrogens with zero attached hydrogens (tertiary/aromatic N) is 1. The van der Waals surface area contributed by atoms with Gasteiger partial charge in [-0.15, -0.1) is 0 Å². The van der Waals surface area contributed by atoms with E-state index in [2.05, 4.69) is 15.2 Å². The number of carbonyl (C=O) groups excluding carboxylic acids is 1. The van der Waals surface area contributed by atoms with Gasteiger partial charge in [0.05, 0.1) is 10.6 Å². The van der Waals surface area contributed by atoms with Crippen LogP contribution in [0.4, 0.5) is 0 Å². The molecular formula is C16H16ClN3O3S. The Bertz CT molecular complexity index is 878. The molecule has 0 saturated heterocycles. The molecule has 0 heterocycles. The fourth-order valence-electron chi connectivity index (χ4n) is 1.89. The predicted octanol–water partition coefficient (Wildman–Crippen LogP) is 2.40. The monoisotopic (exact) mass is 365 g/mol. The molecule has 2 aromatic carbocycles. The molecule has 2 rings (SSSR count). The third kappa shape index (κ3) is 4.41. The van der Waals surface area contributed by atoms with Crippen molar-refractivity contribution in [1.82, 2.24) is 10.1 Å². The van der Waals surface area contributed by atoms with Crippen molar-refractivity contribution in [2.45, 2.75) is 11.8 Å². The van der Waals surface area contributed by atoms with Gasteiger partial charge in [0.1, 0.15) is 0 Å².